The zero-order valence-electron chi connectivity index (χ0n) is 13.4. The number of unbranched alkanes of at least 4 members (excludes halogenated alkanes) is 9. The van der Waals surface area contributed by atoms with Gasteiger partial charge in [-0.3, -0.25) is 0 Å². The van der Waals surface area contributed by atoms with E-state index < -0.39 is 0 Å². The van der Waals surface area contributed by atoms with Crippen molar-refractivity contribution in [3.63, 3.8) is 0 Å². The first kappa shape index (κ1) is 18.7. The highest BCUT2D eigenvalue weighted by atomic mass is 16.3. The van der Waals surface area contributed by atoms with Crippen LogP contribution in [0.4, 0.5) is 0 Å². The van der Waals surface area contributed by atoms with Crippen LogP contribution in [0.1, 0.15) is 97.3 Å². The van der Waals surface area contributed by atoms with Crippen molar-refractivity contribution in [1.82, 2.24) is 0 Å². The second kappa shape index (κ2) is 15.8. The third-order valence-corrected chi connectivity index (χ3v) is 3.69. The second-order valence-corrected chi connectivity index (χ2v) is 5.77. The number of rotatable bonds is 14. The predicted molar refractivity (Wildman–Crippen MR) is 86.5 cm³/mol. The van der Waals surface area contributed by atoms with Crippen LogP contribution in [0.2, 0.25) is 0 Å². The Bertz CT molecular complexity index is 186. The lowest BCUT2D eigenvalue weighted by molar-refractivity contribution is 0.163. The quantitative estimate of drug-likeness (QED) is 0.302. The van der Waals surface area contributed by atoms with E-state index in [1.807, 2.05) is 0 Å². The van der Waals surface area contributed by atoms with Crippen molar-refractivity contribution in [2.24, 2.45) is 0 Å². The Morgan fingerprint density at radius 1 is 0.737 bits per heavy atom. The van der Waals surface area contributed by atoms with Gasteiger partial charge in [0, 0.05) is 0 Å². The molecule has 1 heteroatoms. The molecule has 19 heavy (non-hydrogen) atoms. The smallest absolute Gasteiger partial charge is 0.0574 e. The van der Waals surface area contributed by atoms with E-state index in [1.165, 1.54) is 70.6 Å². The lowest BCUT2D eigenvalue weighted by Crippen LogP contribution is -2.04. The third-order valence-electron chi connectivity index (χ3n) is 3.69. The van der Waals surface area contributed by atoms with Gasteiger partial charge in [-0.15, -0.1) is 0 Å². The number of aliphatic hydroxyl groups excluding tert-OH is 1. The summed E-state index contributed by atoms with van der Waals surface area (Å²) in [6.07, 6.45) is 20.6. The van der Waals surface area contributed by atoms with Crippen LogP contribution in [0.15, 0.2) is 12.2 Å². The molecular formula is C18H36O. The summed E-state index contributed by atoms with van der Waals surface area (Å²) >= 11 is 0. The van der Waals surface area contributed by atoms with Gasteiger partial charge in [0.05, 0.1) is 6.10 Å². The summed E-state index contributed by atoms with van der Waals surface area (Å²) in [7, 11) is 0. The third kappa shape index (κ3) is 15.6. The van der Waals surface area contributed by atoms with Crippen LogP contribution in [-0.4, -0.2) is 11.2 Å². The normalized spacial score (nSPS) is 13.2. The van der Waals surface area contributed by atoms with Crippen molar-refractivity contribution >= 4 is 0 Å². The van der Waals surface area contributed by atoms with Crippen LogP contribution >= 0.6 is 0 Å². The van der Waals surface area contributed by atoms with Crippen molar-refractivity contribution < 1.29 is 5.11 Å². The summed E-state index contributed by atoms with van der Waals surface area (Å²) in [5, 5.41) is 9.80. The minimum absolute atomic E-state index is 0.113. The van der Waals surface area contributed by atoms with Gasteiger partial charge in [-0.2, -0.15) is 0 Å². The van der Waals surface area contributed by atoms with E-state index in [0.29, 0.717) is 0 Å². The summed E-state index contributed by atoms with van der Waals surface area (Å²) in [4.78, 5) is 0. The molecule has 0 aliphatic carbocycles. The molecule has 0 fully saturated rings. The SMILES string of the molecule is CCCCCCCC/C=C\C[C@H](O)CCCCCC. The highest BCUT2D eigenvalue weighted by molar-refractivity contribution is 4.83. The van der Waals surface area contributed by atoms with Gasteiger partial charge in [-0.1, -0.05) is 83.8 Å². The molecule has 0 heterocycles. The minimum atomic E-state index is -0.113. The van der Waals surface area contributed by atoms with Crippen LogP contribution in [0.5, 0.6) is 0 Å². The molecular weight excluding hydrogens is 232 g/mol. The molecule has 0 rings (SSSR count). The maximum Gasteiger partial charge on any atom is 0.0574 e. The minimum Gasteiger partial charge on any atom is -0.393 e. The summed E-state index contributed by atoms with van der Waals surface area (Å²) in [5.41, 5.74) is 0. The van der Waals surface area contributed by atoms with E-state index in [2.05, 4.69) is 26.0 Å². The van der Waals surface area contributed by atoms with Crippen molar-refractivity contribution in [2.45, 2.75) is 103 Å². The Kier molecular flexibility index (Phi) is 15.5. The molecule has 0 radical (unpaired) electrons. The molecule has 0 aromatic heterocycles. The summed E-state index contributed by atoms with van der Waals surface area (Å²) in [5.74, 6) is 0. The van der Waals surface area contributed by atoms with Crippen molar-refractivity contribution in [2.75, 3.05) is 0 Å². The molecule has 0 amide bonds. The zero-order chi connectivity index (χ0) is 14.2. The standard InChI is InChI=1S/C18H36O/c1-3-5-7-9-10-11-12-13-15-17-18(19)16-14-8-6-4-2/h13,15,18-19H,3-12,14,16-17H2,1-2H3/b15-13-/t18-/m1/s1. The Morgan fingerprint density at radius 2 is 1.32 bits per heavy atom. The molecule has 0 spiro atoms. The molecule has 0 saturated heterocycles. The first-order chi connectivity index (χ1) is 9.31. The molecule has 0 unspecified atom stereocenters. The molecule has 0 aromatic rings. The van der Waals surface area contributed by atoms with Crippen LogP contribution in [0, 0.1) is 0 Å². The molecule has 0 saturated carbocycles. The van der Waals surface area contributed by atoms with Gasteiger partial charge in [-0.25, -0.2) is 0 Å². The summed E-state index contributed by atoms with van der Waals surface area (Å²) in [6, 6.07) is 0. The fourth-order valence-corrected chi connectivity index (χ4v) is 2.34. The number of allylic oxidation sites excluding steroid dienone is 1. The summed E-state index contributed by atoms with van der Waals surface area (Å²) in [6.45, 7) is 4.48. The monoisotopic (exact) mass is 268 g/mol. The van der Waals surface area contributed by atoms with Crippen LogP contribution in [-0.2, 0) is 0 Å². The highest BCUT2D eigenvalue weighted by Crippen LogP contribution is 2.10. The van der Waals surface area contributed by atoms with Gasteiger partial charge in [0.15, 0.2) is 0 Å². The Morgan fingerprint density at radius 3 is 2.00 bits per heavy atom. The Hall–Kier alpha value is -0.300. The maximum absolute atomic E-state index is 9.80. The lowest BCUT2D eigenvalue weighted by Gasteiger charge is -2.07. The Labute approximate surface area is 121 Å². The van der Waals surface area contributed by atoms with Gasteiger partial charge < -0.3 is 5.11 Å². The van der Waals surface area contributed by atoms with Crippen molar-refractivity contribution in [3.8, 4) is 0 Å². The topological polar surface area (TPSA) is 20.2 Å². The molecule has 1 atom stereocenters. The van der Waals surface area contributed by atoms with E-state index in [0.717, 1.165) is 12.8 Å². The lowest BCUT2D eigenvalue weighted by atomic mass is 10.1. The number of hydrogen-bond donors (Lipinski definition) is 1. The van der Waals surface area contributed by atoms with Gasteiger partial charge in [0.1, 0.15) is 0 Å². The highest BCUT2D eigenvalue weighted by Gasteiger charge is 2.00. The van der Waals surface area contributed by atoms with E-state index in [-0.39, 0.29) is 6.10 Å². The van der Waals surface area contributed by atoms with Crippen LogP contribution in [0.3, 0.4) is 0 Å². The molecule has 114 valence electrons. The van der Waals surface area contributed by atoms with E-state index in [4.69, 9.17) is 0 Å². The molecule has 1 N–H and O–H groups in total. The van der Waals surface area contributed by atoms with E-state index >= 15 is 0 Å². The Balaban J connectivity index is 3.22. The molecule has 0 aliphatic rings. The second-order valence-electron chi connectivity index (χ2n) is 5.77. The number of hydrogen-bond acceptors (Lipinski definition) is 1. The largest absolute Gasteiger partial charge is 0.393 e. The average Bonchev–Trinajstić information content (AvgIpc) is 2.42. The predicted octanol–water partition coefficient (Wildman–Crippen LogP) is 6.01. The maximum atomic E-state index is 9.80. The molecule has 0 aromatic carbocycles. The molecule has 0 aliphatic heterocycles. The molecule has 0 bridgehead atoms. The first-order valence-electron chi connectivity index (χ1n) is 8.64. The van der Waals surface area contributed by atoms with Gasteiger partial charge in [0.25, 0.3) is 0 Å². The van der Waals surface area contributed by atoms with Crippen molar-refractivity contribution in [3.05, 3.63) is 12.2 Å². The fourth-order valence-electron chi connectivity index (χ4n) is 2.34. The van der Waals surface area contributed by atoms with Gasteiger partial charge in [-0.05, 0) is 25.7 Å². The number of aliphatic hydroxyl groups is 1. The first-order valence-corrected chi connectivity index (χ1v) is 8.64. The van der Waals surface area contributed by atoms with Gasteiger partial charge >= 0.3 is 0 Å². The van der Waals surface area contributed by atoms with Crippen LogP contribution in [0.25, 0.3) is 0 Å². The fraction of sp³-hybridized carbons (Fsp3) is 0.889. The van der Waals surface area contributed by atoms with Crippen molar-refractivity contribution in [1.29, 1.82) is 0 Å². The zero-order valence-corrected chi connectivity index (χ0v) is 13.4. The van der Waals surface area contributed by atoms with E-state index in [9.17, 15) is 5.11 Å². The summed E-state index contributed by atoms with van der Waals surface area (Å²) < 4.78 is 0. The average molecular weight is 268 g/mol. The molecule has 1 nitrogen and oxygen atoms in total. The van der Waals surface area contributed by atoms with E-state index in [1.54, 1.807) is 0 Å². The van der Waals surface area contributed by atoms with Crippen LogP contribution < -0.4 is 0 Å². The van der Waals surface area contributed by atoms with Gasteiger partial charge in [0.2, 0.25) is 0 Å².